The molecule has 0 bridgehead atoms. The average molecular weight is 274 g/mol. The van der Waals surface area contributed by atoms with Crippen LogP contribution in [0.2, 0.25) is 0 Å². The molecule has 0 radical (unpaired) electrons. The van der Waals surface area contributed by atoms with E-state index in [4.69, 9.17) is 0 Å². The lowest BCUT2D eigenvalue weighted by Crippen LogP contribution is -2.43. The zero-order valence-electron chi connectivity index (χ0n) is 13.7. The Morgan fingerprint density at radius 2 is 1.85 bits per heavy atom. The zero-order valence-corrected chi connectivity index (χ0v) is 13.7. The Morgan fingerprint density at radius 1 is 1.20 bits per heavy atom. The van der Waals surface area contributed by atoms with E-state index >= 15 is 0 Å². The molecule has 1 aromatic carbocycles. The summed E-state index contributed by atoms with van der Waals surface area (Å²) >= 11 is 0. The van der Waals surface area contributed by atoms with Gasteiger partial charge in [0.05, 0.1) is 0 Å². The van der Waals surface area contributed by atoms with Crippen molar-refractivity contribution in [3.63, 3.8) is 0 Å². The molecule has 0 amide bonds. The van der Waals surface area contributed by atoms with E-state index in [-0.39, 0.29) is 0 Å². The number of likely N-dealkylation sites (N-methyl/N-ethyl adjacent to an activating group) is 1. The number of benzene rings is 1. The molecule has 20 heavy (non-hydrogen) atoms. The Morgan fingerprint density at radius 3 is 2.40 bits per heavy atom. The Hall–Kier alpha value is -0.860. The third-order valence-electron chi connectivity index (χ3n) is 4.53. The highest BCUT2D eigenvalue weighted by molar-refractivity contribution is 5.33. The van der Waals surface area contributed by atoms with Crippen LogP contribution in [-0.4, -0.2) is 31.6 Å². The number of aryl methyl sites for hydroxylation is 2. The van der Waals surface area contributed by atoms with Crippen molar-refractivity contribution in [2.75, 3.05) is 26.7 Å². The number of hydrogen-bond acceptors (Lipinski definition) is 2. The minimum atomic E-state index is 0.438. The van der Waals surface area contributed by atoms with Crippen molar-refractivity contribution in [1.82, 2.24) is 10.2 Å². The van der Waals surface area contributed by atoms with Crippen LogP contribution in [0.1, 0.15) is 43.0 Å². The molecule has 112 valence electrons. The minimum Gasteiger partial charge on any atom is -0.312 e. The third-order valence-corrected chi connectivity index (χ3v) is 4.53. The summed E-state index contributed by atoms with van der Waals surface area (Å²) in [6.45, 7) is 12.8. The van der Waals surface area contributed by atoms with E-state index in [1.165, 1.54) is 36.2 Å². The summed E-state index contributed by atoms with van der Waals surface area (Å²) < 4.78 is 0. The van der Waals surface area contributed by atoms with Gasteiger partial charge in [-0.1, -0.05) is 37.6 Å². The van der Waals surface area contributed by atoms with Crippen LogP contribution in [0.25, 0.3) is 0 Å². The molecule has 1 aromatic rings. The molecule has 0 aromatic heterocycles. The normalized spacial score (nSPS) is 25.6. The van der Waals surface area contributed by atoms with E-state index in [0.717, 1.165) is 18.4 Å². The highest BCUT2D eigenvalue weighted by Gasteiger charge is 2.24. The Balaban J connectivity index is 2.08. The molecule has 1 fully saturated rings. The van der Waals surface area contributed by atoms with Crippen LogP contribution in [0, 0.1) is 25.7 Å². The maximum absolute atomic E-state index is 3.51. The fourth-order valence-electron chi connectivity index (χ4n) is 3.76. The largest absolute Gasteiger partial charge is 0.312 e. The van der Waals surface area contributed by atoms with Crippen molar-refractivity contribution >= 4 is 0 Å². The molecule has 1 saturated heterocycles. The maximum Gasteiger partial charge on any atom is 0.0449 e. The number of nitrogens with one attached hydrogen (secondary N) is 1. The first-order chi connectivity index (χ1) is 9.49. The monoisotopic (exact) mass is 274 g/mol. The fraction of sp³-hybridized carbons (Fsp3) is 0.667. The van der Waals surface area contributed by atoms with Gasteiger partial charge in [0.15, 0.2) is 0 Å². The standard InChI is InChI=1S/C18H30N2/c1-13-6-7-17(16(4)9-13)18(19-5)12-20-10-14(2)8-15(3)11-20/h6-7,9,14-15,18-19H,8,10-12H2,1-5H3. The second-order valence-corrected chi connectivity index (χ2v) is 6.87. The van der Waals surface area contributed by atoms with Gasteiger partial charge in [-0.15, -0.1) is 0 Å². The summed E-state index contributed by atoms with van der Waals surface area (Å²) in [6.07, 6.45) is 1.38. The molecule has 2 nitrogen and oxygen atoms in total. The van der Waals surface area contributed by atoms with Gasteiger partial charge in [0.2, 0.25) is 0 Å². The molecule has 0 spiro atoms. The summed E-state index contributed by atoms with van der Waals surface area (Å²) in [5.41, 5.74) is 4.20. The topological polar surface area (TPSA) is 15.3 Å². The van der Waals surface area contributed by atoms with Crippen LogP contribution in [0.15, 0.2) is 18.2 Å². The summed E-state index contributed by atoms with van der Waals surface area (Å²) in [5.74, 6) is 1.66. The molecule has 3 atom stereocenters. The molecule has 1 aliphatic heterocycles. The Bertz CT molecular complexity index is 431. The molecule has 2 heteroatoms. The third kappa shape index (κ3) is 3.83. The van der Waals surface area contributed by atoms with E-state index in [9.17, 15) is 0 Å². The lowest BCUT2D eigenvalue weighted by molar-refractivity contribution is 0.129. The van der Waals surface area contributed by atoms with Gasteiger partial charge in [-0.25, -0.2) is 0 Å². The van der Waals surface area contributed by atoms with E-state index in [1.54, 1.807) is 0 Å². The van der Waals surface area contributed by atoms with Crippen molar-refractivity contribution in [3.05, 3.63) is 34.9 Å². The molecular formula is C18H30N2. The fourth-order valence-corrected chi connectivity index (χ4v) is 3.76. The molecule has 1 heterocycles. The second-order valence-electron chi connectivity index (χ2n) is 6.87. The quantitative estimate of drug-likeness (QED) is 0.903. The molecule has 1 aliphatic rings. The smallest absolute Gasteiger partial charge is 0.0449 e. The summed E-state index contributed by atoms with van der Waals surface area (Å²) in [4.78, 5) is 2.64. The van der Waals surface area contributed by atoms with Gasteiger partial charge in [0.25, 0.3) is 0 Å². The minimum absolute atomic E-state index is 0.438. The average Bonchev–Trinajstić information content (AvgIpc) is 2.35. The highest BCUT2D eigenvalue weighted by Crippen LogP contribution is 2.25. The molecule has 2 rings (SSSR count). The van der Waals surface area contributed by atoms with Crippen molar-refractivity contribution in [3.8, 4) is 0 Å². The lowest BCUT2D eigenvalue weighted by atomic mass is 9.91. The van der Waals surface area contributed by atoms with Crippen molar-refractivity contribution in [2.45, 2.75) is 40.2 Å². The van der Waals surface area contributed by atoms with Crippen LogP contribution in [0.3, 0.4) is 0 Å². The number of likely N-dealkylation sites (tertiary alicyclic amines) is 1. The van der Waals surface area contributed by atoms with Crippen molar-refractivity contribution < 1.29 is 0 Å². The summed E-state index contributed by atoms with van der Waals surface area (Å²) in [5, 5.41) is 3.51. The zero-order chi connectivity index (χ0) is 14.7. The van der Waals surface area contributed by atoms with Gasteiger partial charge in [-0.05, 0) is 50.3 Å². The molecule has 0 aliphatic carbocycles. The predicted octanol–water partition coefficient (Wildman–Crippen LogP) is 3.54. The maximum atomic E-state index is 3.51. The first kappa shape index (κ1) is 15.5. The number of hydrogen-bond donors (Lipinski definition) is 1. The highest BCUT2D eigenvalue weighted by atomic mass is 15.2. The van der Waals surface area contributed by atoms with Gasteiger partial charge < -0.3 is 10.2 Å². The van der Waals surface area contributed by atoms with Crippen molar-refractivity contribution in [1.29, 1.82) is 0 Å². The number of nitrogens with zero attached hydrogens (tertiary/aromatic N) is 1. The van der Waals surface area contributed by atoms with E-state index < -0.39 is 0 Å². The van der Waals surface area contributed by atoms with Gasteiger partial charge in [0.1, 0.15) is 0 Å². The summed E-state index contributed by atoms with van der Waals surface area (Å²) in [6, 6.07) is 7.26. The second kappa shape index (κ2) is 6.73. The van der Waals surface area contributed by atoms with Gasteiger partial charge in [-0.3, -0.25) is 0 Å². The van der Waals surface area contributed by atoms with Crippen molar-refractivity contribution in [2.24, 2.45) is 11.8 Å². The number of piperidine rings is 1. The van der Waals surface area contributed by atoms with Crippen LogP contribution in [0.4, 0.5) is 0 Å². The van der Waals surface area contributed by atoms with Gasteiger partial charge in [-0.2, -0.15) is 0 Å². The van der Waals surface area contributed by atoms with Crippen LogP contribution in [-0.2, 0) is 0 Å². The number of rotatable bonds is 4. The summed E-state index contributed by atoms with van der Waals surface area (Å²) in [7, 11) is 2.08. The van der Waals surface area contributed by atoms with E-state index in [0.29, 0.717) is 6.04 Å². The van der Waals surface area contributed by atoms with E-state index in [1.807, 2.05) is 0 Å². The van der Waals surface area contributed by atoms with Crippen LogP contribution in [0.5, 0.6) is 0 Å². The molecular weight excluding hydrogens is 244 g/mol. The van der Waals surface area contributed by atoms with Crippen LogP contribution >= 0.6 is 0 Å². The first-order valence-electron chi connectivity index (χ1n) is 7.96. The molecule has 0 saturated carbocycles. The Labute approximate surface area is 124 Å². The van der Waals surface area contributed by atoms with Gasteiger partial charge >= 0.3 is 0 Å². The Kier molecular flexibility index (Phi) is 5.22. The van der Waals surface area contributed by atoms with Crippen LogP contribution < -0.4 is 5.32 Å². The predicted molar refractivity (Wildman–Crippen MR) is 87.1 cm³/mol. The first-order valence-corrected chi connectivity index (χ1v) is 7.96. The van der Waals surface area contributed by atoms with E-state index in [2.05, 4.69) is 63.2 Å². The molecule has 3 unspecified atom stereocenters. The lowest BCUT2D eigenvalue weighted by Gasteiger charge is -2.37. The molecule has 1 N–H and O–H groups in total. The SMILES string of the molecule is CNC(CN1CC(C)CC(C)C1)c1ccc(C)cc1C. The van der Waals surface area contributed by atoms with Gasteiger partial charge in [0, 0.05) is 25.7 Å².